The molecule has 1 N–H and O–H groups in total. The Morgan fingerprint density at radius 1 is 1.50 bits per heavy atom. The molecule has 0 unspecified atom stereocenters. The van der Waals surface area contributed by atoms with Gasteiger partial charge in [0.15, 0.2) is 22.7 Å². The largest absolute Gasteiger partial charge is 0.483 e. The van der Waals surface area contributed by atoms with Gasteiger partial charge in [0, 0.05) is 4.47 Å². The molecule has 1 aromatic rings. The van der Waals surface area contributed by atoms with Crippen molar-refractivity contribution in [3.63, 3.8) is 0 Å². The van der Waals surface area contributed by atoms with Crippen molar-refractivity contribution in [3.8, 4) is 5.75 Å². The molecule has 0 aromatic heterocycles. The number of halogens is 1. The van der Waals surface area contributed by atoms with Gasteiger partial charge in [-0.1, -0.05) is 15.9 Å². The summed E-state index contributed by atoms with van der Waals surface area (Å²) in [5, 5.41) is 2.69. The zero-order valence-corrected chi connectivity index (χ0v) is 14.4. The number of hydrogen-bond acceptors (Lipinski definition) is 5. The van der Waals surface area contributed by atoms with E-state index in [1.807, 2.05) is 0 Å². The van der Waals surface area contributed by atoms with Crippen molar-refractivity contribution in [2.24, 2.45) is 0 Å². The molecule has 2 rings (SSSR count). The zero-order valence-electron chi connectivity index (χ0n) is 12.0. The second kappa shape index (κ2) is 6.37. The lowest BCUT2D eigenvalue weighted by Gasteiger charge is -2.23. The Balaban J connectivity index is 1.95. The summed E-state index contributed by atoms with van der Waals surface area (Å²) in [6.45, 7) is 1.42. The van der Waals surface area contributed by atoms with E-state index in [2.05, 4.69) is 21.2 Å². The first-order chi connectivity index (χ1) is 10.2. The summed E-state index contributed by atoms with van der Waals surface area (Å²) in [6, 6.07) is 4.87. The van der Waals surface area contributed by atoms with E-state index in [1.165, 1.54) is 0 Å². The lowest BCUT2D eigenvalue weighted by atomic mass is 10.0. The maximum Gasteiger partial charge on any atom is 0.258 e. The average molecular weight is 390 g/mol. The second-order valence-corrected chi connectivity index (χ2v) is 8.64. The molecule has 6 nitrogen and oxygen atoms in total. The number of amides is 1. The minimum Gasteiger partial charge on any atom is -0.483 e. The monoisotopic (exact) mass is 389 g/mol. The van der Waals surface area contributed by atoms with Crippen LogP contribution in [0, 0.1) is 0 Å². The van der Waals surface area contributed by atoms with Crippen LogP contribution in [0.3, 0.4) is 0 Å². The molecule has 1 saturated heterocycles. The third-order valence-electron chi connectivity index (χ3n) is 3.40. The molecule has 8 heteroatoms. The third-order valence-corrected chi connectivity index (χ3v) is 5.80. The highest BCUT2D eigenvalue weighted by Gasteiger charge is 2.39. The van der Waals surface area contributed by atoms with Gasteiger partial charge in [-0.15, -0.1) is 0 Å². The lowest BCUT2D eigenvalue weighted by Crippen LogP contribution is -2.48. The van der Waals surface area contributed by atoms with E-state index in [4.69, 9.17) is 4.74 Å². The fourth-order valence-corrected chi connectivity index (χ4v) is 4.84. The van der Waals surface area contributed by atoms with Crippen molar-refractivity contribution in [3.05, 3.63) is 28.2 Å². The average Bonchev–Trinajstić information content (AvgIpc) is 2.70. The van der Waals surface area contributed by atoms with Gasteiger partial charge in [-0.2, -0.15) is 0 Å². The highest BCUT2D eigenvalue weighted by atomic mass is 79.9. The maximum absolute atomic E-state index is 11.9. The van der Waals surface area contributed by atoms with Gasteiger partial charge in [0.1, 0.15) is 5.75 Å². The second-order valence-electron chi connectivity index (χ2n) is 5.54. The summed E-state index contributed by atoms with van der Waals surface area (Å²) >= 11 is 3.24. The maximum atomic E-state index is 11.9. The zero-order chi connectivity index (χ0) is 16.4. The molecule has 22 heavy (non-hydrogen) atoms. The van der Waals surface area contributed by atoms with Crippen molar-refractivity contribution >= 4 is 38.0 Å². The number of ether oxygens (including phenoxy) is 1. The highest BCUT2D eigenvalue weighted by Crippen LogP contribution is 2.23. The summed E-state index contributed by atoms with van der Waals surface area (Å²) in [4.78, 5) is 22.9. The fourth-order valence-electron chi connectivity index (χ4n) is 2.37. The van der Waals surface area contributed by atoms with Gasteiger partial charge in [-0.3, -0.25) is 9.59 Å². The van der Waals surface area contributed by atoms with E-state index in [1.54, 1.807) is 25.1 Å². The smallest absolute Gasteiger partial charge is 0.258 e. The van der Waals surface area contributed by atoms with Gasteiger partial charge in [-0.25, -0.2) is 8.42 Å². The summed E-state index contributed by atoms with van der Waals surface area (Å²) in [6.07, 6.45) is 1.03. The minimum atomic E-state index is -3.09. The van der Waals surface area contributed by atoms with E-state index < -0.39 is 21.3 Å². The fraction of sp³-hybridized carbons (Fsp3) is 0.429. The van der Waals surface area contributed by atoms with Crippen molar-refractivity contribution in [2.75, 3.05) is 18.1 Å². The van der Waals surface area contributed by atoms with Gasteiger partial charge in [-0.05, 0) is 31.5 Å². The number of rotatable bonds is 5. The molecule has 0 aliphatic carbocycles. The first-order valence-electron chi connectivity index (χ1n) is 6.62. The Labute approximate surface area is 137 Å². The Kier molecular flexibility index (Phi) is 4.91. The summed E-state index contributed by atoms with van der Waals surface area (Å²) in [7, 11) is -3.09. The molecule has 1 atom stereocenters. The van der Waals surface area contributed by atoms with E-state index in [-0.39, 0.29) is 18.1 Å². The number of carbonyl (C=O) groups excluding carboxylic acids is 2. The van der Waals surface area contributed by atoms with Crippen LogP contribution in [0.25, 0.3) is 0 Å². The molecule has 0 radical (unpaired) electrons. The Morgan fingerprint density at radius 2 is 2.23 bits per heavy atom. The molecule has 1 aromatic carbocycles. The van der Waals surface area contributed by atoms with Crippen molar-refractivity contribution in [1.29, 1.82) is 0 Å². The van der Waals surface area contributed by atoms with Crippen LogP contribution in [-0.4, -0.2) is 44.3 Å². The van der Waals surface area contributed by atoms with Crippen LogP contribution >= 0.6 is 15.9 Å². The number of aldehydes is 1. The van der Waals surface area contributed by atoms with Crippen molar-refractivity contribution < 1.29 is 22.7 Å². The molecule has 0 spiro atoms. The molecule has 1 fully saturated rings. The van der Waals surface area contributed by atoms with Gasteiger partial charge in [0.05, 0.1) is 22.6 Å². The van der Waals surface area contributed by atoms with Gasteiger partial charge >= 0.3 is 0 Å². The van der Waals surface area contributed by atoms with Crippen LogP contribution in [0.15, 0.2) is 22.7 Å². The van der Waals surface area contributed by atoms with E-state index in [0.717, 1.165) is 4.47 Å². The van der Waals surface area contributed by atoms with Gasteiger partial charge in [0.25, 0.3) is 5.91 Å². The molecule has 120 valence electrons. The third kappa shape index (κ3) is 4.30. The molecule has 0 bridgehead atoms. The summed E-state index contributed by atoms with van der Waals surface area (Å²) in [5.41, 5.74) is -0.427. The van der Waals surface area contributed by atoms with Crippen LogP contribution in [-0.2, 0) is 14.6 Å². The SMILES string of the molecule is C[C@]1(NC(=O)COc2ccc(Br)cc2C=O)CCS(=O)(=O)C1. The van der Waals surface area contributed by atoms with Crippen LogP contribution in [0.2, 0.25) is 0 Å². The standard InChI is InChI=1S/C14H16BrNO5S/c1-14(4-5-22(19,20)9-14)16-13(18)8-21-12-3-2-11(15)6-10(12)7-17/h2-3,6-7H,4-5,8-9H2,1H3,(H,16,18)/t14-/m0/s1. The number of nitrogens with one attached hydrogen (secondary N) is 1. The Bertz CT molecular complexity index is 703. The van der Waals surface area contributed by atoms with Crippen LogP contribution in [0.4, 0.5) is 0 Å². The first-order valence-corrected chi connectivity index (χ1v) is 9.23. The summed E-state index contributed by atoms with van der Waals surface area (Å²) in [5.74, 6) is -0.104. The molecule has 1 heterocycles. The number of hydrogen-bond donors (Lipinski definition) is 1. The van der Waals surface area contributed by atoms with E-state index in [0.29, 0.717) is 24.0 Å². The Hall–Kier alpha value is -1.41. The van der Waals surface area contributed by atoms with Crippen LogP contribution in [0.5, 0.6) is 5.75 Å². The molecule has 0 saturated carbocycles. The van der Waals surface area contributed by atoms with Crippen LogP contribution in [0.1, 0.15) is 23.7 Å². The Morgan fingerprint density at radius 3 is 2.82 bits per heavy atom. The first kappa shape index (κ1) is 17.0. The molecular formula is C14H16BrNO5S. The number of sulfone groups is 1. The van der Waals surface area contributed by atoms with Gasteiger partial charge in [0.2, 0.25) is 0 Å². The predicted molar refractivity (Wildman–Crippen MR) is 84.8 cm³/mol. The predicted octanol–water partition coefficient (Wildman–Crippen LogP) is 1.33. The van der Waals surface area contributed by atoms with Crippen molar-refractivity contribution in [1.82, 2.24) is 5.32 Å². The van der Waals surface area contributed by atoms with Gasteiger partial charge < -0.3 is 10.1 Å². The molecular weight excluding hydrogens is 374 g/mol. The van der Waals surface area contributed by atoms with Crippen LogP contribution < -0.4 is 10.1 Å². The lowest BCUT2D eigenvalue weighted by molar-refractivity contribution is -0.124. The quantitative estimate of drug-likeness (QED) is 0.767. The van der Waals surface area contributed by atoms with E-state index >= 15 is 0 Å². The van der Waals surface area contributed by atoms with Crippen molar-refractivity contribution in [2.45, 2.75) is 18.9 Å². The number of benzene rings is 1. The number of carbonyl (C=O) groups is 2. The normalized spacial score (nSPS) is 23.0. The molecule has 1 aliphatic heterocycles. The highest BCUT2D eigenvalue weighted by molar-refractivity contribution is 9.10. The summed E-state index contributed by atoms with van der Waals surface area (Å²) < 4.78 is 29.1. The molecule has 1 aliphatic rings. The minimum absolute atomic E-state index is 0.0659. The topological polar surface area (TPSA) is 89.5 Å². The molecule has 1 amide bonds. The van der Waals surface area contributed by atoms with E-state index in [9.17, 15) is 18.0 Å².